The van der Waals surface area contributed by atoms with Gasteiger partial charge in [-0.1, -0.05) is 41.3 Å². The molecule has 0 saturated carbocycles. The molecule has 23 heavy (non-hydrogen) atoms. The number of ether oxygens (including phenoxy) is 1. The number of nitrogens with zero attached hydrogens (tertiary/aromatic N) is 2. The third-order valence-electron chi connectivity index (χ3n) is 2.82. The maximum Gasteiger partial charge on any atom is 0.237 e. The molecule has 0 spiro atoms. The second-order valence-corrected chi connectivity index (χ2v) is 7.06. The molecule has 0 radical (unpaired) electrons. The molecule has 0 saturated heterocycles. The average molecular weight is 350 g/mol. The first-order valence-corrected chi connectivity index (χ1v) is 8.62. The molecular formula is C15H18N4O2S2. The smallest absolute Gasteiger partial charge is 0.237 e. The summed E-state index contributed by atoms with van der Waals surface area (Å²) in [5.41, 5.74) is 0.651. The number of anilines is 2. The molecule has 2 N–H and O–H groups in total. The van der Waals surface area contributed by atoms with Crippen LogP contribution in [0.25, 0.3) is 0 Å². The summed E-state index contributed by atoms with van der Waals surface area (Å²) in [6.45, 7) is 6.09. The molecule has 1 heterocycles. The Morgan fingerprint density at radius 2 is 2.26 bits per heavy atom. The first kappa shape index (κ1) is 17.3. The van der Waals surface area contributed by atoms with Crippen LogP contribution in [0.3, 0.4) is 0 Å². The molecule has 1 aromatic carbocycles. The van der Waals surface area contributed by atoms with Gasteiger partial charge in [0.2, 0.25) is 11.0 Å². The lowest BCUT2D eigenvalue weighted by atomic mass is 10.3. The highest BCUT2D eigenvalue weighted by Gasteiger charge is 2.18. The third-order valence-corrected chi connectivity index (χ3v) is 4.88. The van der Waals surface area contributed by atoms with Crippen LogP contribution < -0.4 is 15.4 Å². The van der Waals surface area contributed by atoms with Crippen LogP contribution in [0.15, 0.2) is 41.3 Å². The lowest BCUT2D eigenvalue weighted by molar-refractivity contribution is -0.115. The molecule has 0 fully saturated rings. The molecule has 2 rings (SSSR count). The monoisotopic (exact) mass is 350 g/mol. The number of carbonyl (C=O) groups excluding carboxylic acids is 1. The Balaban J connectivity index is 1.94. The van der Waals surface area contributed by atoms with Crippen molar-refractivity contribution in [2.24, 2.45) is 0 Å². The van der Waals surface area contributed by atoms with Crippen LogP contribution in [-0.2, 0) is 4.79 Å². The second kappa shape index (κ2) is 8.54. The Hall–Kier alpha value is -2.06. The summed E-state index contributed by atoms with van der Waals surface area (Å²) in [6, 6.07) is 7.30. The number of benzene rings is 1. The fourth-order valence-corrected chi connectivity index (χ4v) is 3.58. The van der Waals surface area contributed by atoms with E-state index in [4.69, 9.17) is 4.74 Å². The van der Waals surface area contributed by atoms with Gasteiger partial charge in [-0.2, -0.15) is 0 Å². The van der Waals surface area contributed by atoms with Gasteiger partial charge in [0.25, 0.3) is 0 Å². The maximum absolute atomic E-state index is 12.3. The van der Waals surface area contributed by atoms with Gasteiger partial charge in [-0.15, -0.1) is 16.8 Å². The zero-order chi connectivity index (χ0) is 16.7. The lowest BCUT2D eigenvalue weighted by Gasteiger charge is -2.12. The first-order valence-electron chi connectivity index (χ1n) is 6.93. The molecule has 122 valence electrons. The van der Waals surface area contributed by atoms with E-state index in [1.165, 1.54) is 23.1 Å². The minimum absolute atomic E-state index is 0.115. The quantitative estimate of drug-likeness (QED) is 0.562. The average Bonchev–Trinajstić information content (AvgIpc) is 3.00. The summed E-state index contributed by atoms with van der Waals surface area (Å²) >= 11 is 2.77. The van der Waals surface area contributed by atoms with E-state index < -0.39 is 0 Å². The number of hydrogen-bond donors (Lipinski definition) is 2. The van der Waals surface area contributed by atoms with E-state index in [1.807, 2.05) is 19.1 Å². The van der Waals surface area contributed by atoms with Crippen LogP contribution in [0.1, 0.15) is 6.92 Å². The largest absolute Gasteiger partial charge is 0.495 e. The van der Waals surface area contributed by atoms with Crippen molar-refractivity contribution in [3.05, 3.63) is 36.9 Å². The summed E-state index contributed by atoms with van der Waals surface area (Å²) in [4.78, 5) is 12.3. The Bertz CT molecular complexity index is 675. The number of rotatable bonds is 8. The van der Waals surface area contributed by atoms with Crippen LogP contribution >= 0.6 is 23.1 Å². The van der Waals surface area contributed by atoms with Crippen LogP contribution in [0, 0.1) is 0 Å². The number of para-hydroxylation sites is 2. The Kier molecular flexibility index (Phi) is 6.42. The highest BCUT2D eigenvalue weighted by atomic mass is 32.2. The van der Waals surface area contributed by atoms with Crippen molar-refractivity contribution in [1.29, 1.82) is 0 Å². The highest BCUT2D eigenvalue weighted by molar-refractivity contribution is 8.02. The Morgan fingerprint density at radius 1 is 1.48 bits per heavy atom. The first-order chi connectivity index (χ1) is 11.1. The molecular weight excluding hydrogens is 332 g/mol. The molecule has 1 atom stereocenters. The minimum atomic E-state index is -0.305. The van der Waals surface area contributed by atoms with Crippen molar-refractivity contribution in [2.75, 3.05) is 24.3 Å². The van der Waals surface area contributed by atoms with Gasteiger partial charge in [-0.3, -0.25) is 4.79 Å². The van der Waals surface area contributed by atoms with Gasteiger partial charge < -0.3 is 15.4 Å². The van der Waals surface area contributed by atoms with Gasteiger partial charge in [-0.05, 0) is 19.1 Å². The molecule has 0 aliphatic heterocycles. The number of hydrogen-bond acceptors (Lipinski definition) is 7. The number of nitrogens with one attached hydrogen (secondary N) is 2. The van der Waals surface area contributed by atoms with Gasteiger partial charge in [0, 0.05) is 6.54 Å². The standard InChI is InChI=1S/C15H18N4O2S2/c1-4-9-16-14-18-19-15(23-14)22-10(2)13(20)17-11-7-5-6-8-12(11)21-3/h4-8,10H,1,9H2,2-3H3,(H,16,18)(H,17,20)/t10-/m1/s1. The number of carbonyl (C=O) groups is 1. The molecule has 0 unspecified atom stereocenters. The van der Waals surface area contributed by atoms with E-state index in [2.05, 4.69) is 27.4 Å². The zero-order valence-corrected chi connectivity index (χ0v) is 14.5. The van der Waals surface area contributed by atoms with E-state index in [1.54, 1.807) is 25.3 Å². The Morgan fingerprint density at radius 3 is 3.00 bits per heavy atom. The van der Waals surface area contributed by atoms with Crippen LogP contribution in [0.2, 0.25) is 0 Å². The molecule has 1 aromatic heterocycles. The van der Waals surface area contributed by atoms with Crippen LogP contribution in [0.4, 0.5) is 10.8 Å². The summed E-state index contributed by atoms with van der Waals surface area (Å²) < 4.78 is 5.96. The van der Waals surface area contributed by atoms with Crippen molar-refractivity contribution >= 4 is 39.8 Å². The molecule has 6 nitrogen and oxygen atoms in total. The van der Waals surface area contributed by atoms with Gasteiger partial charge in [-0.25, -0.2) is 0 Å². The lowest BCUT2D eigenvalue weighted by Crippen LogP contribution is -2.22. The van der Waals surface area contributed by atoms with E-state index in [-0.39, 0.29) is 11.2 Å². The summed E-state index contributed by atoms with van der Waals surface area (Å²) in [7, 11) is 1.57. The molecule has 0 aliphatic carbocycles. The topological polar surface area (TPSA) is 76.1 Å². The van der Waals surface area contributed by atoms with Crippen LogP contribution in [0.5, 0.6) is 5.75 Å². The van der Waals surface area contributed by atoms with Gasteiger partial charge >= 0.3 is 0 Å². The van der Waals surface area contributed by atoms with Gasteiger partial charge in [0.05, 0.1) is 18.0 Å². The fraction of sp³-hybridized carbons (Fsp3) is 0.267. The molecule has 0 aliphatic rings. The number of amides is 1. The number of thioether (sulfide) groups is 1. The minimum Gasteiger partial charge on any atom is -0.495 e. The summed E-state index contributed by atoms with van der Waals surface area (Å²) in [5, 5.41) is 14.4. The number of methoxy groups -OCH3 is 1. The predicted molar refractivity (Wildman–Crippen MR) is 95.5 cm³/mol. The van der Waals surface area contributed by atoms with Gasteiger partial charge in [0.15, 0.2) is 4.34 Å². The fourth-order valence-electron chi connectivity index (χ4n) is 1.68. The highest BCUT2D eigenvalue weighted by Crippen LogP contribution is 2.30. The van der Waals surface area contributed by atoms with Gasteiger partial charge in [0.1, 0.15) is 5.75 Å². The summed E-state index contributed by atoms with van der Waals surface area (Å²) in [5.74, 6) is 0.514. The summed E-state index contributed by atoms with van der Waals surface area (Å²) in [6.07, 6.45) is 1.75. The van der Waals surface area contributed by atoms with Crippen LogP contribution in [-0.4, -0.2) is 35.0 Å². The Labute approximate surface area is 143 Å². The van der Waals surface area contributed by atoms with E-state index >= 15 is 0 Å². The van der Waals surface area contributed by atoms with Crippen molar-refractivity contribution in [2.45, 2.75) is 16.5 Å². The van der Waals surface area contributed by atoms with E-state index in [0.29, 0.717) is 23.1 Å². The van der Waals surface area contributed by atoms with E-state index in [0.717, 1.165) is 4.34 Å². The van der Waals surface area contributed by atoms with Crippen molar-refractivity contribution < 1.29 is 9.53 Å². The molecule has 2 aromatic rings. The van der Waals surface area contributed by atoms with Crippen molar-refractivity contribution in [1.82, 2.24) is 10.2 Å². The third kappa shape index (κ3) is 4.97. The zero-order valence-electron chi connectivity index (χ0n) is 12.9. The molecule has 8 heteroatoms. The number of aromatic nitrogens is 2. The van der Waals surface area contributed by atoms with Crippen molar-refractivity contribution in [3.8, 4) is 5.75 Å². The molecule has 0 bridgehead atoms. The second-order valence-electron chi connectivity index (χ2n) is 4.49. The van der Waals surface area contributed by atoms with E-state index in [9.17, 15) is 4.79 Å². The predicted octanol–water partition coefficient (Wildman–Crippen LogP) is 3.26. The normalized spacial score (nSPS) is 11.6. The maximum atomic E-state index is 12.3. The SMILES string of the molecule is C=CCNc1nnc(S[C@H](C)C(=O)Nc2ccccc2OC)s1. The van der Waals surface area contributed by atoms with Crippen molar-refractivity contribution in [3.63, 3.8) is 0 Å². The molecule has 1 amide bonds.